The van der Waals surface area contributed by atoms with Crippen LogP contribution in [0.25, 0.3) is 42.2 Å². The van der Waals surface area contributed by atoms with Gasteiger partial charge in [0.1, 0.15) is 0 Å². The predicted molar refractivity (Wildman–Crippen MR) is 217 cm³/mol. The minimum absolute atomic E-state index is 0. The van der Waals surface area contributed by atoms with Crippen molar-refractivity contribution >= 4 is 48.1 Å². The van der Waals surface area contributed by atoms with Crippen molar-refractivity contribution in [3.05, 3.63) is 89.3 Å². The Kier molecular flexibility index (Phi) is 12.9. The van der Waals surface area contributed by atoms with Crippen molar-refractivity contribution < 1.29 is 30.0 Å². The molecule has 1 aliphatic carbocycles. The maximum absolute atomic E-state index is 11.7. The van der Waals surface area contributed by atoms with Crippen LogP contribution in [-0.2, 0) is 41.1 Å². The van der Waals surface area contributed by atoms with Crippen molar-refractivity contribution in [1.82, 2.24) is 4.98 Å². The molecule has 0 spiro atoms. The zero-order valence-electron chi connectivity index (χ0n) is 32.7. The van der Waals surface area contributed by atoms with Crippen molar-refractivity contribution in [2.75, 3.05) is 0 Å². The molecule has 1 N–H and O–H groups in total. The normalized spacial score (nSPS) is 15.5. The third-order valence-electron chi connectivity index (χ3n) is 11.3. The number of hydrogen-bond donors (Lipinski definition) is 1. The fourth-order valence-corrected chi connectivity index (χ4v) is 9.36. The van der Waals surface area contributed by atoms with Crippen LogP contribution < -0.4 is 0 Å². The van der Waals surface area contributed by atoms with Crippen LogP contribution in [-0.4, -0.2) is 15.9 Å². The van der Waals surface area contributed by atoms with Gasteiger partial charge in [-0.2, -0.15) is 0 Å². The van der Waals surface area contributed by atoms with Gasteiger partial charge in [-0.25, -0.2) is 0 Å². The number of nitrogens with zero attached hydrogens (tertiary/aromatic N) is 1. The minimum Gasteiger partial charge on any atom is -0.512 e. The Morgan fingerprint density at radius 1 is 0.863 bits per heavy atom. The van der Waals surface area contributed by atoms with Crippen LogP contribution in [0.2, 0.25) is 0 Å². The molecule has 5 heteroatoms. The molecule has 0 fully saturated rings. The smallest absolute Gasteiger partial charge is 0.162 e. The number of allylic oxidation sites excluding steroid dienone is 2. The Morgan fingerprint density at radius 2 is 1.47 bits per heavy atom. The third kappa shape index (κ3) is 8.22. The molecule has 0 bridgehead atoms. The van der Waals surface area contributed by atoms with Gasteiger partial charge in [0.25, 0.3) is 0 Å². The zero-order valence-corrected chi connectivity index (χ0v) is 35.9. The van der Waals surface area contributed by atoms with E-state index < -0.39 is 0 Å². The number of aromatic nitrogens is 1. The molecule has 6 rings (SSSR count). The van der Waals surface area contributed by atoms with Crippen LogP contribution in [0, 0.1) is 17.9 Å². The number of aliphatic hydroxyl groups is 1. The molecule has 0 aliphatic heterocycles. The van der Waals surface area contributed by atoms with E-state index in [0.29, 0.717) is 0 Å². The summed E-state index contributed by atoms with van der Waals surface area (Å²) in [4.78, 5) is 16.7. The molecule has 5 aromatic rings. The van der Waals surface area contributed by atoms with Crippen LogP contribution in [0.3, 0.4) is 0 Å². The molecule has 0 saturated carbocycles. The van der Waals surface area contributed by atoms with Crippen LogP contribution in [0.15, 0.2) is 66.6 Å². The summed E-state index contributed by atoms with van der Waals surface area (Å²) in [5, 5.41) is 14.9. The predicted octanol–water partition coefficient (Wildman–Crippen LogP) is 13.6. The number of pyridine rings is 1. The molecule has 0 unspecified atom stereocenters. The second-order valence-electron chi connectivity index (χ2n) is 16.7. The van der Waals surface area contributed by atoms with E-state index >= 15 is 0 Å². The number of thiophene rings is 1. The van der Waals surface area contributed by atoms with Crippen LogP contribution >= 0.6 is 11.3 Å². The van der Waals surface area contributed by atoms with Crippen molar-refractivity contribution in [3.8, 4) is 11.3 Å². The second-order valence-corrected chi connectivity index (χ2v) is 17.7. The average molecular weight is 881 g/mol. The summed E-state index contributed by atoms with van der Waals surface area (Å²) < 4.78 is 2.72. The summed E-state index contributed by atoms with van der Waals surface area (Å²) in [6, 6.07) is 21.7. The molecule has 3 aromatic carbocycles. The van der Waals surface area contributed by atoms with Gasteiger partial charge >= 0.3 is 0 Å². The van der Waals surface area contributed by atoms with E-state index in [2.05, 4.69) is 103 Å². The molecule has 2 heterocycles. The standard InChI is InChI=1S/C33H34NS.C13H24O2.Ir/c1-31(2,3)26-19-21(18-20-10-8-9-11-22(20)26)28-30-24(14-17-34-28)23-12-13-25-27(29(23)35-30)33(6,7)16-15-32(25,4)5;1-5-10(6-2)12(14)9-13(15)11(7-3)8-4;/h8-14,17,19H,15-16H2,1-7H3;9-11,14H,5-8H2,1-4H3;/q-1;;/b;12-9-;. The first kappa shape index (κ1) is 40.9. The number of aliphatic hydroxyl groups excluding tert-OH is 1. The third-order valence-corrected chi connectivity index (χ3v) is 12.5. The monoisotopic (exact) mass is 881 g/mol. The first-order valence-electron chi connectivity index (χ1n) is 18.8. The van der Waals surface area contributed by atoms with Gasteiger partial charge in [-0.1, -0.05) is 117 Å². The van der Waals surface area contributed by atoms with Crippen molar-refractivity contribution in [3.63, 3.8) is 0 Å². The van der Waals surface area contributed by atoms with Crippen molar-refractivity contribution in [1.29, 1.82) is 0 Å². The number of benzene rings is 3. The summed E-state index contributed by atoms with van der Waals surface area (Å²) >= 11 is 1.94. The van der Waals surface area contributed by atoms with E-state index in [0.717, 1.165) is 42.3 Å². The number of ketones is 1. The molecule has 2 aromatic heterocycles. The maximum Gasteiger partial charge on any atom is 0.162 e. The Bertz CT molecular complexity index is 2040. The Morgan fingerprint density at radius 3 is 2.10 bits per heavy atom. The molecule has 1 aliphatic rings. The zero-order chi connectivity index (χ0) is 36.6. The molecule has 3 nitrogen and oxygen atoms in total. The molecule has 51 heavy (non-hydrogen) atoms. The minimum atomic E-state index is 0. The van der Waals surface area contributed by atoms with E-state index in [-0.39, 0.29) is 59.7 Å². The number of fused-ring (bicyclic) bond motifs is 6. The number of carbonyl (C=O) groups is 1. The SMILES string of the molecule is CC(C)(C)c1cc(-c2nccc3c2sc2c4c(ccc23)C(C)(C)CCC4(C)C)[c-]c2ccccc12.CCC(CC)C(=O)/C=C(\O)C(CC)CC.[Ir]. The van der Waals surface area contributed by atoms with Crippen LogP contribution in [0.1, 0.15) is 131 Å². The number of hydrogen-bond acceptors (Lipinski definition) is 4. The van der Waals surface area contributed by atoms with Crippen LogP contribution in [0.4, 0.5) is 0 Å². The van der Waals surface area contributed by atoms with Gasteiger partial charge in [0.05, 0.1) is 5.76 Å². The van der Waals surface area contributed by atoms with E-state index in [9.17, 15) is 9.90 Å². The van der Waals surface area contributed by atoms with Gasteiger partial charge in [0, 0.05) is 64.7 Å². The molecule has 0 atom stereocenters. The van der Waals surface area contributed by atoms with E-state index in [1.165, 1.54) is 55.6 Å². The van der Waals surface area contributed by atoms with Gasteiger partial charge < -0.3 is 5.11 Å². The summed E-state index contributed by atoms with van der Waals surface area (Å²) in [5.74, 6) is 0.547. The summed E-state index contributed by atoms with van der Waals surface area (Å²) in [6.07, 6.45) is 9.35. The average Bonchev–Trinajstić information content (AvgIpc) is 3.46. The Labute approximate surface area is 324 Å². The fourth-order valence-electron chi connectivity index (χ4n) is 7.84. The van der Waals surface area contributed by atoms with Crippen molar-refractivity contribution in [2.45, 2.75) is 131 Å². The molecular formula is C46H58IrNO2S-. The van der Waals surface area contributed by atoms with Gasteiger partial charge in [-0.15, -0.1) is 40.5 Å². The first-order valence-corrected chi connectivity index (χ1v) is 19.6. The first-order chi connectivity index (χ1) is 23.6. The molecule has 1 radical (unpaired) electrons. The summed E-state index contributed by atoms with van der Waals surface area (Å²) in [6.45, 7) is 24.6. The second kappa shape index (κ2) is 16.0. The largest absolute Gasteiger partial charge is 0.512 e. The van der Waals surface area contributed by atoms with E-state index in [1.807, 2.05) is 45.2 Å². The summed E-state index contributed by atoms with van der Waals surface area (Å²) in [5.41, 5.74) is 7.00. The number of rotatable bonds is 8. The van der Waals surface area contributed by atoms with Gasteiger partial charge in [0.15, 0.2) is 5.78 Å². The van der Waals surface area contributed by atoms with Gasteiger partial charge in [-0.3, -0.25) is 9.78 Å². The number of carbonyl (C=O) groups excluding carboxylic acids is 1. The van der Waals surface area contributed by atoms with Crippen molar-refractivity contribution in [2.24, 2.45) is 11.8 Å². The molecular weight excluding hydrogens is 823 g/mol. The fraction of sp³-hybridized carbons (Fsp3) is 0.478. The van der Waals surface area contributed by atoms with Crippen LogP contribution in [0.5, 0.6) is 0 Å². The Hall–Kier alpha value is -2.85. The van der Waals surface area contributed by atoms with E-state index in [4.69, 9.17) is 4.98 Å². The maximum atomic E-state index is 11.7. The van der Waals surface area contributed by atoms with Gasteiger partial charge in [0.2, 0.25) is 0 Å². The Balaban J connectivity index is 0.000000312. The van der Waals surface area contributed by atoms with E-state index in [1.54, 1.807) is 5.56 Å². The molecule has 275 valence electrons. The molecule has 0 saturated heterocycles. The van der Waals surface area contributed by atoms with Gasteiger partial charge in [-0.05, 0) is 77.3 Å². The molecule has 0 amide bonds. The summed E-state index contributed by atoms with van der Waals surface area (Å²) in [7, 11) is 0. The quantitative estimate of drug-likeness (QED) is 0.0960. The topological polar surface area (TPSA) is 50.2 Å².